The van der Waals surface area contributed by atoms with Gasteiger partial charge >= 0.3 is 5.97 Å². The minimum absolute atomic E-state index is 0.169. The van der Waals surface area contributed by atoms with Gasteiger partial charge in [-0.2, -0.15) is 5.10 Å². The Kier molecular flexibility index (Phi) is 3.93. The molecular weight excluding hydrogens is 295 g/mol. The SMILES string of the molecule is Cc1ccc(-c2cn(-c3ccc(F)cc3)nc2CC(=O)O)cc1. The van der Waals surface area contributed by atoms with Crippen LogP contribution in [-0.2, 0) is 11.2 Å². The van der Waals surface area contributed by atoms with Crippen LogP contribution in [0, 0.1) is 12.7 Å². The van der Waals surface area contributed by atoms with Crippen molar-refractivity contribution in [3.05, 3.63) is 71.8 Å². The van der Waals surface area contributed by atoms with E-state index in [1.807, 2.05) is 31.2 Å². The van der Waals surface area contributed by atoms with E-state index >= 15 is 0 Å². The minimum atomic E-state index is -0.942. The molecule has 116 valence electrons. The molecule has 23 heavy (non-hydrogen) atoms. The topological polar surface area (TPSA) is 55.1 Å². The fourth-order valence-corrected chi connectivity index (χ4v) is 2.38. The van der Waals surface area contributed by atoms with E-state index in [1.165, 1.54) is 12.1 Å². The lowest BCUT2D eigenvalue weighted by molar-refractivity contribution is -0.136. The van der Waals surface area contributed by atoms with Crippen LogP contribution in [0.4, 0.5) is 4.39 Å². The molecular formula is C18H15FN2O2. The van der Waals surface area contributed by atoms with Gasteiger partial charge in [0.25, 0.3) is 0 Å². The smallest absolute Gasteiger partial charge is 0.309 e. The Morgan fingerprint density at radius 1 is 1.13 bits per heavy atom. The highest BCUT2D eigenvalue weighted by molar-refractivity contribution is 5.75. The Bertz CT molecular complexity index is 836. The molecule has 0 saturated heterocycles. The monoisotopic (exact) mass is 310 g/mol. The van der Waals surface area contributed by atoms with Gasteiger partial charge in [0.2, 0.25) is 0 Å². The number of nitrogens with zero attached hydrogens (tertiary/aromatic N) is 2. The van der Waals surface area contributed by atoms with E-state index in [9.17, 15) is 9.18 Å². The van der Waals surface area contributed by atoms with Gasteiger partial charge in [0.1, 0.15) is 5.82 Å². The molecule has 3 rings (SSSR count). The maximum absolute atomic E-state index is 13.1. The van der Waals surface area contributed by atoms with Gasteiger partial charge < -0.3 is 5.11 Å². The molecule has 0 fully saturated rings. The van der Waals surface area contributed by atoms with E-state index in [0.29, 0.717) is 11.4 Å². The number of carboxylic acid groups (broad SMARTS) is 1. The van der Waals surface area contributed by atoms with Crippen molar-refractivity contribution in [3.63, 3.8) is 0 Å². The Morgan fingerprint density at radius 2 is 1.78 bits per heavy atom. The highest BCUT2D eigenvalue weighted by atomic mass is 19.1. The molecule has 0 bridgehead atoms. The number of hydrogen-bond acceptors (Lipinski definition) is 2. The summed E-state index contributed by atoms with van der Waals surface area (Å²) in [5.74, 6) is -1.27. The van der Waals surface area contributed by atoms with Crippen molar-refractivity contribution in [3.8, 4) is 16.8 Å². The number of aryl methyl sites for hydroxylation is 1. The summed E-state index contributed by atoms with van der Waals surface area (Å²) in [7, 11) is 0. The molecule has 1 heterocycles. The van der Waals surface area contributed by atoms with E-state index in [4.69, 9.17) is 5.11 Å². The van der Waals surface area contributed by atoms with Gasteiger partial charge in [0.15, 0.2) is 0 Å². The first-order valence-electron chi connectivity index (χ1n) is 7.16. The highest BCUT2D eigenvalue weighted by Gasteiger charge is 2.15. The summed E-state index contributed by atoms with van der Waals surface area (Å²) in [5.41, 5.74) is 3.94. The normalized spacial score (nSPS) is 10.7. The lowest BCUT2D eigenvalue weighted by atomic mass is 10.0. The van der Waals surface area contributed by atoms with Crippen molar-refractivity contribution >= 4 is 5.97 Å². The first-order chi connectivity index (χ1) is 11.0. The number of benzene rings is 2. The van der Waals surface area contributed by atoms with E-state index < -0.39 is 5.97 Å². The lowest BCUT2D eigenvalue weighted by Gasteiger charge is -2.01. The number of aliphatic carboxylic acids is 1. The van der Waals surface area contributed by atoms with Crippen molar-refractivity contribution in [2.24, 2.45) is 0 Å². The van der Waals surface area contributed by atoms with E-state index in [2.05, 4.69) is 5.10 Å². The van der Waals surface area contributed by atoms with Crippen molar-refractivity contribution in [1.29, 1.82) is 0 Å². The Labute approximate surface area is 132 Å². The lowest BCUT2D eigenvalue weighted by Crippen LogP contribution is -2.03. The number of carbonyl (C=O) groups is 1. The zero-order valence-electron chi connectivity index (χ0n) is 12.5. The largest absolute Gasteiger partial charge is 0.481 e. The molecule has 0 radical (unpaired) electrons. The number of rotatable bonds is 4. The summed E-state index contributed by atoms with van der Waals surface area (Å²) < 4.78 is 14.6. The third-order valence-corrected chi connectivity index (χ3v) is 3.56. The van der Waals surface area contributed by atoms with Crippen molar-refractivity contribution in [1.82, 2.24) is 9.78 Å². The van der Waals surface area contributed by atoms with Gasteiger partial charge in [-0.1, -0.05) is 29.8 Å². The zero-order chi connectivity index (χ0) is 16.4. The molecule has 0 atom stereocenters. The van der Waals surface area contributed by atoms with Gasteiger partial charge in [-0.3, -0.25) is 4.79 Å². The highest BCUT2D eigenvalue weighted by Crippen LogP contribution is 2.25. The number of hydrogen-bond donors (Lipinski definition) is 1. The summed E-state index contributed by atoms with van der Waals surface area (Å²) in [6.45, 7) is 1.99. The van der Waals surface area contributed by atoms with E-state index in [0.717, 1.165) is 16.7 Å². The Balaban J connectivity index is 2.08. The molecule has 1 aromatic heterocycles. The van der Waals surface area contributed by atoms with Crippen LogP contribution in [0.15, 0.2) is 54.7 Å². The van der Waals surface area contributed by atoms with E-state index in [-0.39, 0.29) is 12.2 Å². The fourth-order valence-electron chi connectivity index (χ4n) is 2.38. The van der Waals surface area contributed by atoms with Crippen LogP contribution in [0.25, 0.3) is 16.8 Å². The van der Waals surface area contributed by atoms with Crippen LogP contribution in [-0.4, -0.2) is 20.9 Å². The molecule has 0 amide bonds. The number of halogens is 1. The van der Waals surface area contributed by atoms with Gasteiger partial charge in [-0.05, 0) is 36.8 Å². The van der Waals surface area contributed by atoms with Gasteiger partial charge in [-0.25, -0.2) is 9.07 Å². The molecule has 4 nitrogen and oxygen atoms in total. The number of aromatic nitrogens is 2. The fraction of sp³-hybridized carbons (Fsp3) is 0.111. The van der Waals surface area contributed by atoms with Crippen LogP contribution < -0.4 is 0 Å². The average Bonchev–Trinajstić information content (AvgIpc) is 2.92. The first-order valence-corrected chi connectivity index (χ1v) is 7.16. The molecule has 0 aliphatic rings. The third kappa shape index (κ3) is 3.29. The zero-order valence-corrected chi connectivity index (χ0v) is 12.5. The molecule has 2 aromatic carbocycles. The molecule has 0 unspecified atom stereocenters. The van der Waals surface area contributed by atoms with Gasteiger partial charge in [0, 0.05) is 11.8 Å². The summed E-state index contributed by atoms with van der Waals surface area (Å²) in [4.78, 5) is 11.1. The van der Waals surface area contributed by atoms with Crippen molar-refractivity contribution in [2.75, 3.05) is 0 Å². The van der Waals surface area contributed by atoms with Crippen molar-refractivity contribution in [2.45, 2.75) is 13.3 Å². The maximum Gasteiger partial charge on any atom is 0.309 e. The second kappa shape index (κ2) is 6.04. The summed E-state index contributed by atoms with van der Waals surface area (Å²) >= 11 is 0. The van der Waals surface area contributed by atoms with Gasteiger partial charge in [-0.15, -0.1) is 0 Å². The van der Waals surface area contributed by atoms with Crippen LogP contribution in [0.2, 0.25) is 0 Å². The predicted octanol–water partition coefficient (Wildman–Crippen LogP) is 3.61. The minimum Gasteiger partial charge on any atom is -0.481 e. The summed E-state index contributed by atoms with van der Waals surface area (Å²) in [6.07, 6.45) is 1.60. The molecule has 1 N–H and O–H groups in total. The standard InChI is InChI=1S/C18H15FN2O2/c1-12-2-4-13(5-3-12)16-11-21(20-17(16)10-18(22)23)15-8-6-14(19)7-9-15/h2-9,11H,10H2,1H3,(H,22,23). The van der Waals surface area contributed by atoms with Crippen LogP contribution in [0.3, 0.4) is 0 Å². The Hall–Kier alpha value is -2.95. The average molecular weight is 310 g/mol. The first kappa shape index (κ1) is 15.0. The molecule has 0 aliphatic heterocycles. The van der Waals surface area contributed by atoms with Gasteiger partial charge in [0.05, 0.1) is 17.8 Å². The predicted molar refractivity (Wildman–Crippen MR) is 85.0 cm³/mol. The van der Waals surface area contributed by atoms with Crippen LogP contribution >= 0.6 is 0 Å². The second-order valence-electron chi connectivity index (χ2n) is 5.35. The number of carboxylic acids is 1. The quantitative estimate of drug-likeness (QED) is 0.801. The molecule has 0 saturated carbocycles. The van der Waals surface area contributed by atoms with Crippen LogP contribution in [0.5, 0.6) is 0 Å². The van der Waals surface area contributed by atoms with E-state index in [1.54, 1.807) is 23.0 Å². The molecule has 3 aromatic rings. The molecule has 0 spiro atoms. The Morgan fingerprint density at radius 3 is 2.39 bits per heavy atom. The summed E-state index contributed by atoms with van der Waals surface area (Å²) in [6, 6.07) is 13.7. The van der Waals surface area contributed by atoms with Crippen LogP contribution in [0.1, 0.15) is 11.3 Å². The third-order valence-electron chi connectivity index (χ3n) is 3.56. The van der Waals surface area contributed by atoms with Crippen molar-refractivity contribution < 1.29 is 14.3 Å². The summed E-state index contributed by atoms with van der Waals surface area (Å²) in [5, 5.41) is 13.5. The maximum atomic E-state index is 13.1. The second-order valence-corrected chi connectivity index (χ2v) is 5.35. The molecule has 0 aliphatic carbocycles. The molecule has 5 heteroatoms.